The van der Waals surface area contributed by atoms with E-state index in [-0.39, 0.29) is 24.2 Å². The minimum Gasteiger partial charge on any atom is -0.321 e. The number of anilines is 1. The molecule has 1 unspecified atom stereocenters. The molecule has 2 fully saturated rings. The lowest BCUT2D eigenvalue weighted by Crippen LogP contribution is -2.40. The van der Waals surface area contributed by atoms with Crippen LogP contribution in [-0.4, -0.2) is 42.5 Å². The average Bonchev–Trinajstić information content (AvgIpc) is 3.08. The lowest BCUT2D eigenvalue weighted by atomic mass is 9.89. The fourth-order valence-corrected chi connectivity index (χ4v) is 6.32. The lowest BCUT2D eigenvalue weighted by Gasteiger charge is -2.29. The summed E-state index contributed by atoms with van der Waals surface area (Å²) < 4.78 is 26.5. The Bertz CT molecular complexity index is 1390. The van der Waals surface area contributed by atoms with Gasteiger partial charge in [0.05, 0.1) is 18.0 Å². The van der Waals surface area contributed by atoms with Crippen molar-refractivity contribution in [1.82, 2.24) is 15.2 Å². The maximum Gasteiger partial charge on any atom is 0.324 e. The number of hydrogen-bond donors (Lipinski definition) is 2. The van der Waals surface area contributed by atoms with Gasteiger partial charge in [0, 0.05) is 18.9 Å². The van der Waals surface area contributed by atoms with Crippen LogP contribution in [0.3, 0.4) is 0 Å². The monoisotopic (exact) mass is 489 g/mol. The zero-order valence-corrected chi connectivity index (χ0v) is 20.3. The van der Waals surface area contributed by atoms with Crippen LogP contribution >= 0.6 is 0 Å². The van der Waals surface area contributed by atoms with Crippen molar-refractivity contribution in [2.24, 2.45) is 0 Å². The van der Waals surface area contributed by atoms with Crippen molar-refractivity contribution < 1.29 is 13.2 Å². The van der Waals surface area contributed by atoms with Gasteiger partial charge in [0.1, 0.15) is 11.4 Å². The molecule has 9 heteroatoms. The van der Waals surface area contributed by atoms with Gasteiger partial charge in [-0.15, -0.1) is 0 Å². The first-order chi connectivity index (χ1) is 16.8. The van der Waals surface area contributed by atoms with Crippen LogP contribution in [0.4, 0.5) is 10.5 Å². The van der Waals surface area contributed by atoms with Gasteiger partial charge in [0.25, 0.3) is 0 Å². The molecule has 3 heterocycles. The highest BCUT2D eigenvalue weighted by atomic mass is 32.2. The average molecular weight is 490 g/mol. The van der Waals surface area contributed by atoms with Crippen molar-refractivity contribution in [1.29, 1.82) is 5.41 Å². The number of carbonyl (C=O) groups is 1. The molecule has 2 aromatic carbocycles. The number of carbonyl (C=O) groups excluding carboxylic acids is 1. The summed E-state index contributed by atoms with van der Waals surface area (Å²) in [6.45, 7) is 2.45. The second kappa shape index (κ2) is 8.81. The van der Waals surface area contributed by atoms with Gasteiger partial charge in [-0.1, -0.05) is 36.4 Å². The molecule has 180 valence electrons. The number of pyridine rings is 1. The normalized spacial score (nSPS) is 21.7. The summed E-state index contributed by atoms with van der Waals surface area (Å²) in [7, 11) is -3.33. The Morgan fingerprint density at radius 2 is 1.86 bits per heavy atom. The summed E-state index contributed by atoms with van der Waals surface area (Å²) >= 11 is 0. The predicted molar refractivity (Wildman–Crippen MR) is 136 cm³/mol. The van der Waals surface area contributed by atoms with E-state index < -0.39 is 15.6 Å². The number of urea groups is 1. The molecule has 2 saturated heterocycles. The molecule has 5 rings (SSSR count). The van der Waals surface area contributed by atoms with Crippen molar-refractivity contribution in [3.05, 3.63) is 84.2 Å². The van der Waals surface area contributed by atoms with E-state index in [9.17, 15) is 13.2 Å². The quantitative estimate of drug-likeness (QED) is 0.563. The summed E-state index contributed by atoms with van der Waals surface area (Å²) in [5, 5.41) is 11.9. The number of aromatic nitrogens is 1. The van der Waals surface area contributed by atoms with E-state index >= 15 is 0 Å². The molecule has 1 aromatic heterocycles. The molecule has 0 bridgehead atoms. The summed E-state index contributed by atoms with van der Waals surface area (Å²) in [4.78, 5) is 18.6. The first kappa shape index (κ1) is 23.0. The lowest BCUT2D eigenvalue weighted by molar-refractivity contribution is 0.225. The number of nitrogens with zero attached hydrogens (tertiary/aromatic N) is 3. The fraction of sp³-hybridized carbons (Fsp3) is 0.269. The van der Waals surface area contributed by atoms with Crippen molar-refractivity contribution in [2.75, 3.05) is 16.6 Å². The minimum absolute atomic E-state index is 0.141. The zero-order valence-electron chi connectivity index (χ0n) is 19.4. The second-order valence-electron chi connectivity index (χ2n) is 9.08. The third-order valence-corrected chi connectivity index (χ3v) is 8.54. The van der Waals surface area contributed by atoms with Gasteiger partial charge in [0.15, 0.2) is 0 Å². The van der Waals surface area contributed by atoms with Crippen molar-refractivity contribution in [2.45, 2.75) is 31.8 Å². The highest BCUT2D eigenvalue weighted by Gasteiger charge is 2.46. The Hall–Kier alpha value is -3.72. The van der Waals surface area contributed by atoms with Crippen LogP contribution in [0.15, 0.2) is 73.1 Å². The molecule has 0 aliphatic carbocycles. The van der Waals surface area contributed by atoms with Gasteiger partial charge < -0.3 is 5.32 Å². The van der Waals surface area contributed by atoms with E-state index in [1.807, 2.05) is 49.4 Å². The molecule has 8 nitrogen and oxygen atoms in total. The van der Waals surface area contributed by atoms with Crippen molar-refractivity contribution in [3.63, 3.8) is 0 Å². The zero-order chi connectivity index (χ0) is 24.6. The van der Waals surface area contributed by atoms with Gasteiger partial charge >= 0.3 is 6.03 Å². The Balaban J connectivity index is 1.40. The summed E-state index contributed by atoms with van der Waals surface area (Å²) in [6, 6.07) is 18.4. The van der Waals surface area contributed by atoms with Crippen LogP contribution in [0, 0.1) is 5.41 Å². The Morgan fingerprint density at radius 3 is 2.63 bits per heavy atom. The number of rotatable bonds is 5. The summed E-state index contributed by atoms with van der Waals surface area (Å²) in [6.07, 6.45) is 4.99. The standard InChI is InChI=1S/C26H27N5O3S/c1-26(22-10-5-8-20(16-22)21-9-6-12-28-17-21)24(27)30(25(32)29-26)18-19-7-4-11-23(15-19)31-13-2-3-14-35(31,33)34/h4-12,15-17,27H,2-3,13-14,18H2,1H3,(H,29,32). The minimum atomic E-state index is -3.33. The Kier molecular flexibility index (Phi) is 5.80. The smallest absolute Gasteiger partial charge is 0.321 e. The summed E-state index contributed by atoms with van der Waals surface area (Å²) in [5.41, 5.74) is 3.07. The van der Waals surface area contributed by atoms with E-state index in [0.717, 1.165) is 28.7 Å². The number of hydrogen-bond acceptors (Lipinski definition) is 5. The predicted octanol–water partition coefficient (Wildman–Crippen LogP) is 4.10. The van der Waals surface area contributed by atoms with Crippen molar-refractivity contribution >= 4 is 27.6 Å². The first-order valence-corrected chi connectivity index (χ1v) is 13.2. The van der Waals surface area contributed by atoms with E-state index in [0.29, 0.717) is 18.7 Å². The van der Waals surface area contributed by atoms with E-state index in [4.69, 9.17) is 5.41 Å². The summed E-state index contributed by atoms with van der Waals surface area (Å²) in [5.74, 6) is 0.286. The third-order valence-electron chi connectivity index (χ3n) is 6.67. The molecule has 0 spiro atoms. The van der Waals surface area contributed by atoms with Gasteiger partial charge in [-0.05, 0) is 66.3 Å². The van der Waals surface area contributed by atoms with Crippen LogP contribution in [0.25, 0.3) is 11.1 Å². The number of amides is 2. The molecule has 2 N–H and O–H groups in total. The molecule has 2 aliphatic rings. The van der Waals surface area contributed by atoms with E-state index in [1.165, 1.54) is 9.21 Å². The van der Waals surface area contributed by atoms with Gasteiger partial charge in [0.2, 0.25) is 10.0 Å². The van der Waals surface area contributed by atoms with Crippen LogP contribution in [0.5, 0.6) is 0 Å². The molecule has 0 radical (unpaired) electrons. The number of amidine groups is 1. The van der Waals surface area contributed by atoms with E-state index in [2.05, 4.69) is 10.3 Å². The van der Waals surface area contributed by atoms with Crippen molar-refractivity contribution in [3.8, 4) is 11.1 Å². The number of benzene rings is 2. The first-order valence-electron chi connectivity index (χ1n) is 11.6. The molecule has 35 heavy (non-hydrogen) atoms. The molecular weight excluding hydrogens is 462 g/mol. The topological polar surface area (TPSA) is 106 Å². The second-order valence-corrected chi connectivity index (χ2v) is 11.1. The van der Waals surface area contributed by atoms with Crippen LogP contribution in [0.1, 0.15) is 30.9 Å². The van der Waals surface area contributed by atoms with Crippen LogP contribution in [0.2, 0.25) is 0 Å². The van der Waals surface area contributed by atoms with Gasteiger partial charge in [-0.25, -0.2) is 13.2 Å². The highest BCUT2D eigenvalue weighted by Crippen LogP contribution is 2.33. The molecule has 2 amide bonds. The maximum absolute atomic E-state index is 13.0. The van der Waals surface area contributed by atoms with Crippen LogP contribution in [-0.2, 0) is 22.1 Å². The molecular formula is C26H27N5O3S. The SMILES string of the molecule is CC1(c2cccc(-c3cccnc3)c2)NC(=O)N(Cc2cccc(N3CCCCS3(=O)=O)c2)C1=N. The molecule has 0 saturated carbocycles. The third kappa shape index (κ3) is 4.27. The number of sulfonamides is 1. The van der Waals surface area contributed by atoms with E-state index in [1.54, 1.807) is 30.6 Å². The van der Waals surface area contributed by atoms with Gasteiger partial charge in [-0.2, -0.15) is 0 Å². The maximum atomic E-state index is 13.0. The molecule has 3 aromatic rings. The highest BCUT2D eigenvalue weighted by molar-refractivity contribution is 7.92. The Labute approximate surface area is 205 Å². The van der Waals surface area contributed by atoms with Gasteiger partial charge in [-0.3, -0.25) is 19.6 Å². The fourth-order valence-electron chi connectivity index (χ4n) is 4.69. The molecule has 2 aliphatic heterocycles. The molecule has 1 atom stereocenters. The van der Waals surface area contributed by atoms with Crippen LogP contribution < -0.4 is 9.62 Å². The number of nitrogens with one attached hydrogen (secondary N) is 2. The Morgan fingerprint density at radius 1 is 1.06 bits per heavy atom. The largest absolute Gasteiger partial charge is 0.324 e.